The van der Waals surface area contributed by atoms with Gasteiger partial charge in [-0.3, -0.25) is 4.79 Å². The normalized spacial score (nSPS) is 21.3. The van der Waals surface area contributed by atoms with E-state index in [0.717, 1.165) is 19.3 Å². The van der Waals surface area contributed by atoms with Crippen LogP contribution in [0.2, 0.25) is 0 Å². The third-order valence-electron chi connectivity index (χ3n) is 3.69. The van der Waals surface area contributed by atoms with Crippen molar-refractivity contribution in [2.75, 3.05) is 6.61 Å². The van der Waals surface area contributed by atoms with E-state index < -0.39 is 0 Å². The maximum atomic E-state index is 11.4. The van der Waals surface area contributed by atoms with Crippen LogP contribution in [0.25, 0.3) is 0 Å². The monoisotopic (exact) mass is 232 g/mol. The maximum Gasteiger partial charge on any atom is 0.309 e. The molecule has 0 amide bonds. The van der Waals surface area contributed by atoms with E-state index in [0.29, 0.717) is 12.5 Å². The summed E-state index contributed by atoms with van der Waals surface area (Å²) in [4.78, 5) is 11.4. The highest BCUT2D eigenvalue weighted by molar-refractivity contribution is 5.74. The molecule has 1 aromatic rings. The molecule has 1 aromatic carbocycles. The van der Waals surface area contributed by atoms with Gasteiger partial charge in [0.05, 0.1) is 12.5 Å². The van der Waals surface area contributed by atoms with Crippen molar-refractivity contribution in [3.63, 3.8) is 0 Å². The van der Waals surface area contributed by atoms with Crippen LogP contribution in [-0.4, -0.2) is 12.6 Å². The predicted octanol–water partition coefficient (Wildman–Crippen LogP) is 3.31. The van der Waals surface area contributed by atoms with E-state index in [9.17, 15) is 4.79 Å². The molecule has 17 heavy (non-hydrogen) atoms. The van der Waals surface area contributed by atoms with Crippen molar-refractivity contribution in [1.29, 1.82) is 0 Å². The zero-order chi connectivity index (χ0) is 12.3. The van der Waals surface area contributed by atoms with Crippen molar-refractivity contribution in [1.82, 2.24) is 0 Å². The first kappa shape index (κ1) is 12.2. The van der Waals surface area contributed by atoms with Gasteiger partial charge in [-0.25, -0.2) is 0 Å². The first-order valence-electron chi connectivity index (χ1n) is 6.46. The van der Waals surface area contributed by atoms with Crippen LogP contribution in [0.5, 0.6) is 0 Å². The van der Waals surface area contributed by atoms with Gasteiger partial charge in [0.15, 0.2) is 0 Å². The lowest BCUT2D eigenvalue weighted by Gasteiger charge is -2.10. The Bertz CT molecular complexity index is 380. The van der Waals surface area contributed by atoms with Gasteiger partial charge in [0.1, 0.15) is 0 Å². The molecule has 2 nitrogen and oxygen atoms in total. The van der Waals surface area contributed by atoms with Gasteiger partial charge < -0.3 is 4.74 Å². The van der Waals surface area contributed by atoms with E-state index >= 15 is 0 Å². The molecular formula is C15H20O2. The molecule has 0 aromatic heterocycles. The fourth-order valence-corrected chi connectivity index (χ4v) is 2.23. The quantitative estimate of drug-likeness (QED) is 0.744. The Morgan fingerprint density at radius 1 is 1.35 bits per heavy atom. The predicted molar refractivity (Wildman–Crippen MR) is 67.9 cm³/mol. The number of esters is 1. The topological polar surface area (TPSA) is 26.3 Å². The third kappa shape index (κ3) is 2.87. The van der Waals surface area contributed by atoms with Crippen LogP contribution in [0.3, 0.4) is 0 Å². The first-order valence-corrected chi connectivity index (χ1v) is 6.46. The standard InChI is InChI=1S/C15H20O2/c1-3-11(2)13-6-4-12(5-7-13)10-14-8-9-17-15(14)16/h4-7,11,14H,3,8-10H2,1-2H3. The molecule has 0 spiro atoms. The zero-order valence-electron chi connectivity index (χ0n) is 10.6. The molecule has 1 heterocycles. The largest absolute Gasteiger partial charge is 0.465 e. The number of carbonyl (C=O) groups excluding carboxylic acids is 1. The Balaban J connectivity index is 2.00. The Morgan fingerprint density at radius 3 is 2.59 bits per heavy atom. The second kappa shape index (κ2) is 5.35. The van der Waals surface area contributed by atoms with Crippen molar-refractivity contribution >= 4 is 5.97 Å². The van der Waals surface area contributed by atoms with Crippen LogP contribution in [0.1, 0.15) is 43.7 Å². The van der Waals surface area contributed by atoms with Gasteiger partial charge in [0.2, 0.25) is 0 Å². The molecule has 2 rings (SSSR count). The lowest BCUT2D eigenvalue weighted by molar-refractivity contribution is -0.141. The molecule has 1 aliphatic heterocycles. The molecule has 0 aliphatic carbocycles. The molecule has 92 valence electrons. The zero-order valence-corrected chi connectivity index (χ0v) is 10.6. The van der Waals surface area contributed by atoms with Gasteiger partial charge >= 0.3 is 5.97 Å². The summed E-state index contributed by atoms with van der Waals surface area (Å²) in [7, 11) is 0. The van der Waals surface area contributed by atoms with E-state index in [2.05, 4.69) is 38.1 Å². The number of hydrogen-bond donors (Lipinski definition) is 0. The minimum absolute atomic E-state index is 0.0315. The van der Waals surface area contributed by atoms with Crippen LogP contribution >= 0.6 is 0 Å². The third-order valence-corrected chi connectivity index (χ3v) is 3.69. The average molecular weight is 232 g/mol. The van der Waals surface area contributed by atoms with Crippen LogP contribution in [-0.2, 0) is 16.0 Å². The second-order valence-electron chi connectivity index (χ2n) is 4.91. The first-order chi connectivity index (χ1) is 8.20. The fourth-order valence-electron chi connectivity index (χ4n) is 2.23. The van der Waals surface area contributed by atoms with Crippen molar-refractivity contribution in [3.05, 3.63) is 35.4 Å². The molecule has 1 saturated heterocycles. The smallest absolute Gasteiger partial charge is 0.309 e. The van der Waals surface area contributed by atoms with Crippen LogP contribution in [0.4, 0.5) is 0 Å². The summed E-state index contributed by atoms with van der Waals surface area (Å²) < 4.78 is 4.98. The van der Waals surface area contributed by atoms with Gasteiger partial charge in [-0.2, -0.15) is 0 Å². The second-order valence-corrected chi connectivity index (χ2v) is 4.91. The highest BCUT2D eigenvalue weighted by Gasteiger charge is 2.26. The molecule has 1 fully saturated rings. The molecule has 2 heteroatoms. The Kier molecular flexibility index (Phi) is 3.82. The molecule has 0 bridgehead atoms. The van der Waals surface area contributed by atoms with Gasteiger partial charge in [0.25, 0.3) is 0 Å². The number of ether oxygens (including phenoxy) is 1. The Labute approximate surface area is 103 Å². The highest BCUT2D eigenvalue weighted by Crippen LogP contribution is 2.22. The van der Waals surface area contributed by atoms with E-state index in [1.807, 2.05) is 0 Å². The molecule has 1 aliphatic rings. The van der Waals surface area contributed by atoms with Crippen molar-refractivity contribution < 1.29 is 9.53 Å². The highest BCUT2D eigenvalue weighted by atomic mass is 16.5. The molecular weight excluding hydrogens is 212 g/mol. The molecule has 2 atom stereocenters. The SMILES string of the molecule is CCC(C)c1ccc(CC2CCOC2=O)cc1. The minimum atomic E-state index is -0.0315. The van der Waals surface area contributed by atoms with E-state index in [4.69, 9.17) is 4.74 Å². The Hall–Kier alpha value is -1.31. The number of rotatable bonds is 4. The van der Waals surface area contributed by atoms with Crippen LogP contribution < -0.4 is 0 Å². The summed E-state index contributed by atoms with van der Waals surface area (Å²) in [5, 5.41) is 0. The van der Waals surface area contributed by atoms with Crippen LogP contribution in [0.15, 0.2) is 24.3 Å². The lowest BCUT2D eigenvalue weighted by atomic mass is 9.94. The summed E-state index contributed by atoms with van der Waals surface area (Å²) >= 11 is 0. The summed E-state index contributed by atoms with van der Waals surface area (Å²) in [5.41, 5.74) is 2.62. The van der Waals surface area contributed by atoms with Gasteiger partial charge in [0, 0.05) is 0 Å². The maximum absolute atomic E-state index is 11.4. The van der Waals surface area contributed by atoms with Crippen LogP contribution in [0, 0.1) is 5.92 Å². The molecule has 2 unspecified atom stereocenters. The van der Waals surface area contributed by atoms with E-state index in [1.54, 1.807) is 0 Å². The molecule has 0 saturated carbocycles. The lowest BCUT2D eigenvalue weighted by Crippen LogP contribution is -2.10. The van der Waals surface area contributed by atoms with E-state index in [-0.39, 0.29) is 11.9 Å². The van der Waals surface area contributed by atoms with Crippen molar-refractivity contribution in [2.24, 2.45) is 5.92 Å². The number of cyclic esters (lactones) is 1. The fraction of sp³-hybridized carbons (Fsp3) is 0.533. The summed E-state index contributed by atoms with van der Waals surface area (Å²) in [6.45, 7) is 5.03. The summed E-state index contributed by atoms with van der Waals surface area (Å²) in [6, 6.07) is 8.66. The summed E-state index contributed by atoms with van der Waals surface area (Å²) in [6.07, 6.45) is 2.85. The number of benzene rings is 1. The molecule has 0 N–H and O–H groups in total. The van der Waals surface area contributed by atoms with Crippen molar-refractivity contribution in [2.45, 2.75) is 39.0 Å². The van der Waals surface area contributed by atoms with Gasteiger partial charge in [-0.1, -0.05) is 38.1 Å². The number of carbonyl (C=O) groups is 1. The Morgan fingerprint density at radius 2 is 2.06 bits per heavy atom. The van der Waals surface area contributed by atoms with Crippen molar-refractivity contribution in [3.8, 4) is 0 Å². The number of hydrogen-bond acceptors (Lipinski definition) is 2. The average Bonchev–Trinajstić information content (AvgIpc) is 2.75. The summed E-state index contributed by atoms with van der Waals surface area (Å²) in [5.74, 6) is 0.654. The van der Waals surface area contributed by atoms with E-state index in [1.165, 1.54) is 11.1 Å². The molecule has 0 radical (unpaired) electrons. The minimum Gasteiger partial charge on any atom is -0.465 e. The van der Waals surface area contributed by atoms with Gasteiger partial charge in [-0.15, -0.1) is 0 Å². The van der Waals surface area contributed by atoms with Gasteiger partial charge in [-0.05, 0) is 36.3 Å².